The molecule has 2 saturated heterocycles. The molecule has 0 aromatic carbocycles. The van der Waals surface area contributed by atoms with Crippen molar-refractivity contribution in [1.29, 1.82) is 0 Å². The predicted molar refractivity (Wildman–Crippen MR) is 96.6 cm³/mol. The Bertz CT molecular complexity index is 613. The standard InChI is InChI=1S/C20H29N3O2/c24-20-7-4-6-18-16-8-9-19(21-17(16)10-14-23(18)20)25-15-5-13-22-11-2-1-3-12-22/h8-9,18H,1-7,10-15H2. The largest absolute Gasteiger partial charge is 0.478 e. The van der Waals surface area contributed by atoms with Crippen LogP contribution in [0.4, 0.5) is 0 Å². The molecule has 5 nitrogen and oxygen atoms in total. The van der Waals surface area contributed by atoms with E-state index in [4.69, 9.17) is 9.72 Å². The van der Waals surface area contributed by atoms with Gasteiger partial charge in [0.25, 0.3) is 0 Å². The van der Waals surface area contributed by atoms with E-state index < -0.39 is 0 Å². The molecular weight excluding hydrogens is 314 g/mol. The van der Waals surface area contributed by atoms with E-state index in [9.17, 15) is 4.79 Å². The van der Waals surface area contributed by atoms with Gasteiger partial charge in [-0.2, -0.15) is 0 Å². The highest BCUT2D eigenvalue weighted by Crippen LogP contribution is 2.37. The molecule has 3 aliphatic heterocycles. The predicted octanol–water partition coefficient (Wildman–Crippen LogP) is 2.95. The van der Waals surface area contributed by atoms with Crippen molar-refractivity contribution in [3.8, 4) is 5.88 Å². The molecule has 4 heterocycles. The summed E-state index contributed by atoms with van der Waals surface area (Å²) in [5.74, 6) is 1.05. The van der Waals surface area contributed by atoms with Crippen molar-refractivity contribution in [3.05, 3.63) is 23.4 Å². The van der Waals surface area contributed by atoms with Crippen LogP contribution in [0.2, 0.25) is 0 Å². The molecule has 4 rings (SSSR count). The number of carbonyl (C=O) groups is 1. The Balaban J connectivity index is 1.31. The quantitative estimate of drug-likeness (QED) is 0.771. The summed E-state index contributed by atoms with van der Waals surface area (Å²) in [6, 6.07) is 4.37. The molecule has 3 aliphatic rings. The monoisotopic (exact) mass is 343 g/mol. The van der Waals surface area contributed by atoms with Gasteiger partial charge in [0, 0.05) is 32.0 Å². The second-order valence-electron chi connectivity index (χ2n) is 7.53. The molecule has 1 unspecified atom stereocenters. The summed E-state index contributed by atoms with van der Waals surface area (Å²) in [6.45, 7) is 5.16. The van der Waals surface area contributed by atoms with E-state index >= 15 is 0 Å². The van der Waals surface area contributed by atoms with Crippen LogP contribution < -0.4 is 4.74 Å². The molecule has 1 amide bonds. The van der Waals surface area contributed by atoms with Crippen LogP contribution in [0.25, 0.3) is 0 Å². The maximum atomic E-state index is 12.1. The van der Waals surface area contributed by atoms with Crippen molar-refractivity contribution in [2.24, 2.45) is 0 Å². The fourth-order valence-corrected chi connectivity index (χ4v) is 4.47. The maximum absolute atomic E-state index is 12.1. The van der Waals surface area contributed by atoms with Crippen molar-refractivity contribution in [2.45, 2.75) is 57.4 Å². The summed E-state index contributed by atoms with van der Waals surface area (Å²) in [6.07, 6.45) is 8.74. The number of hydrogen-bond donors (Lipinski definition) is 0. The first-order chi connectivity index (χ1) is 12.3. The van der Waals surface area contributed by atoms with Gasteiger partial charge in [-0.15, -0.1) is 0 Å². The van der Waals surface area contributed by atoms with Gasteiger partial charge < -0.3 is 14.5 Å². The molecule has 0 aliphatic carbocycles. The van der Waals surface area contributed by atoms with Crippen LogP contribution in [0.1, 0.15) is 62.2 Å². The Labute approximate surface area is 150 Å². The SMILES string of the molecule is O=C1CCCC2c3ccc(OCCCN4CCCCC4)nc3CCN12. The Morgan fingerprint density at radius 3 is 2.84 bits per heavy atom. The fourth-order valence-electron chi connectivity index (χ4n) is 4.47. The van der Waals surface area contributed by atoms with Crippen molar-refractivity contribution in [2.75, 3.05) is 32.8 Å². The lowest BCUT2D eigenvalue weighted by Gasteiger charge is -2.40. The average molecular weight is 343 g/mol. The zero-order valence-electron chi connectivity index (χ0n) is 15.1. The molecule has 1 atom stereocenters. The molecule has 0 saturated carbocycles. The number of rotatable bonds is 5. The number of amides is 1. The van der Waals surface area contributed by atoms with Crippen LogP contribution in [-0.4, -0.2) is 53.5 Å². The molecule has 0 N–H and O–H groups in total. The first-order valence-electron chi connectivity index (χ1n) is 9.96. The van der Waals surface area contributed by atoms with Gasteiger partial charge >= 0.3 is 0 Å². The van der Waals surface area contributed by atoms with Crippen LogP contribution in [0.15, 0.2) is 12.1 Å². The smallest absolute Gasteiger partial charge is 0.223 e. The summed E-state index contributed by atoms with van der Waals surface area (Å²) >= 11 is 0. The number of fused-ring (bicyclic) bond motifs is 3. The van der Waals surface area contributed by atoms with E-state index in [0.29, 0.717) is 12.3 Å². The molecular formula is C20H29N3O2. The zero-order valence-corrected chi connectivity index (χ0v) is 15.1. The summed E-state index contributed by atoms with van der Waals surface area (Å²) in [7, 11) is 0. The topological polar surface area (TPSA) is 45.7 Å². The van der Waals surface area contributed by atoms with Crippen molar-refractivity contribution in [3.63, 3.8) is 0 Å². The van der Waals surface area contributed by atoms with Gasteiger partial charge in [0.1, 0.15) is 0 Å². The second-order valence-corrected chi connectivity index (χ2v) is 7.53. The Morgan fingerprint density at radius 2 is 1.96 bits per heavy atom. The molecule has 136 valence electrons. The molecule has 0 spiro atoms. The Hall–Kier alpha value is -1.62. The highest BCUT2D eigenvalue weighted by atomic mass is 16.5. The number of aromatic nitrogens is 1. The van der Waals surface area contributed by atoms with Gasteiger partial charge in [-0.25, -0.2) is 4.98 Å². The first kappa shape index (κ1) is 16.8. The summed E-state index contributed by atoms with van der Waals surface area (Å²) in [4.78, 5) is 21.4. The van der Waals surface area contributed by atoms with Crippen LogP contribution in [0, 0.1) is 0 Å². The van der Waals surface area contributed by atoms with Gasteiger partial charge in [-0.3, -0.25) is 4.79 Å². The molecule has 1 aromatic heterocycles. The third-order valence-corrected chi connectivity index (χ3v) is 5.81. The molecule has 25 heavy (non-hydrogen) atoms. The van der Waals surface area contributed by atoms with E-state index in [0.717, 1.165) is 57.0 Å². The molecule has 0 radical (unpaired) electrons. The van der Waals surface area contributed by atoms with Crippen LogP contribution in [-0.2, 0) is 11.2 Å². The highest BCUT2D eigenvalue weighted by Gasteiger charge is 2.34. The third-order valence-electron chi connectivity index (χ3n) is 5.81. The number of pyridine rings is 1. The molecule has 0 bridgehead atoms. The third kappa shape index (κ3) is 3.81. The van der Waals surface area contributed by atoms with Gasteiger partial charge in [-0.05, 0) is 56.8 Å². The van der Waals surface area contributed by atoms with Crippen molar-refractivity contribution >= 4 is 5.91 Å². The van der Waals surface area contributed by atoms with Gasteiger partial charge in [0.15, 0.2) is 0 Å². The van der Waals surface area contributed by atoms with Crippen LogP contribution in [0.3, 0.4) is 0 Å². The lowest BCUT2D eigenvalue weighted by atomic mass is 9.89. The molecule has 2 fully saturated rings. The van der Waals surface area contributed by atoms with Crippen LogP contribution in [0.5, 0.6) is 5.88 Å². The number of nitrogens with zero attached hydrogens (tertiary/aromatic N) is 3. The first-order valence-corrected chi connectivity index (χ1v) is 9.96. The lowest BCUT2D eigenvalue weighted by Crippen LogP contribution is -2.42. The molecule has 1 aromatic rings. The van der Waals surface area contributed by atoms with E-state index in [-0.39, 0.29) is 6.04 Å². The number of hydrogen-bond acceptors (Lipinski definition) is 4. The summed E-state index contributed by atoms with van der Waals surface area (Å²) in [5, 5.41) is 0. The lowest BCUT2D eigenvalue weighted by molar-refractivity contribution is -0.137. The zero-order chi connectivity index (χ0) is 17.1. The Morgan fingerprint density at radius 1 is 1.08 bits per heavy atom. The van der Waals surface area contributed by atoms with Gasteiger partial charge in [-0.1, -0.05) is 6.42 Å². The average Bonchev–Trinajstić information content (AvgIpc) is 2.66. The minimum Gasteiger partial charge on any atom is -0.478 e. The van der Waals surface area contributed by atoms with E-state index in [1.54, 1.807) is 0 Å². The second kappa shape index (κ2) is 7.73. The van der Waals surface area contributed by atoms with E-state index in [1.807, 2.05) is 11.0 Å². The minimum atomic E-state index is 0.241. The van der Waals surface area contributed by atoms with Crippen molar-refractivity contribution in [1.82, 2.24) is 14.8 Å². The fraction of sp³-hybridized carbons (Fsp3) is 0.700. The maximum Gasteiger partial charge on any atom is 0.223 e. The summed E-state index contributed by atoms with van der Waals surface area (Å²) in [5.41, 5.74) is 2.37. The number of piperidine rings is 2. The summed E-state index contributed by atoms with van der Waals surface area (Å²) < 4.78 is 5.90. The molecule has 5 heteroatoms. The number of ether oxygens (including phenoxy) is 1. The normalized spacial score (nSPS) is 23.9. The van der Waals surface area contributed by atoms with Gasteiger partial charge in [0.05, 0.1) is 18.3 Å². The number of carbonyl (C=O) groups excluding carboxylic acids is 1. The Kier molecular flexibility index (Phi) is 5.20. The van der Waals surface area contributed by atoms with E-state index in [1.165, 1.54) is 37.9 Å². The number of likely N-dealkylation sites (tertiary alicyclic amines) is 1. The minimum absolute atomic E-state index is 0.241. The highest BCUT2D eigenvalue weighted by molar-refractivity contribution is 5.78. The van der Waals surface area contributed by atoms with Gasteiger partial charge in [0.2, 0.25) is 11.8 Å². The van der Waals surface area contributed by atoms with Crippen LogP contribution >= 0.6 is 0 Å². The van der Waals surface area contributed by atoms with E-state index in [2.05, 4.69) is 11.0 Å². The van der Waals surface area contributed by atoms with Crippen molar-refractivity contribution < 1.29 is 9.53 Å².